The number of nitrogens with zero attached hydrogens (tertiary/aromatic N) is 2. The monoisotopic (exact) mass is 205 g/mol. The molecule has 0 aliphatic carbocycles. The van der Waals surface area contributed by atoms with Gasteiger partial charge in [-0.1, -0.05) is 0 Å². The lowest BCUT2D eigenvalue weighted by Gasteiger charge is -2.27. The maximum Gasteiger partial charge on any atom is 0.354 e. The smallest absolute Gasteiger partial charge is 0.354 e. The summed E-state index contributed by atoms with van der Waals surface area (Å²) in [5.41, 5.74) is 1.12. The fourth-order valence-electron chi connectivity index (χ4n) is 2.22. The molecular formula is C10H11N3O2. The summed E-state index contributed by atoms with van der Waals surface area (Å²) in [7, 11) is 0. The number of anilines is 2. The number of aromatic carboxylic acids is 1. The lowest BCUT2D eigenvalue weighted by molar-refractivity contribution is 0.0690. The minimum atomic E-state index is -0.979. The lowest BCUT2D eigenvalue weighted by Crippen LogP contribution is -2.32. The van der Waals surface area contributed by atoms with Gasteiger partial charge in [-0.2, -0.15) is 0 Å². The SMILES string of the molecule is O=C(O)c1ccc2c(n1)N[C@H]1CCN2C1. The van der Waals surface area contributed by atoms with E-state index in [9.17, 15) is 4.79 Å². The number of hydrogen-bond acceptors (Lipinski definition) is 4. The van der Waals surface area contributed by atoms with Crippen LogP contribution in [0, 0.1) is 0 Å². The number of hydrogen-bond donors (Lipinski definition) is 2. The quantitative estimate of drug-likeness (QED) is 0.709. The van der Waals surface area contributed by atoms with Crippen LogP contribution in [-0.4, -0.2) is 35.2 Å². The largest absolute Gasteiger partial charge is 0.477 e. The summed E-state index contributed by atoms with van der Waals surface area (Å²) in [5, 5.41) is 12.1. The Kier molecular flexibility index (Phi) is 1.62. The van der Waals surface area contributed by atoms with Crippen LogP contribution in [0.3, 0.4) is 0 Å². The van der Waals surface area contributed by atoms with Gasteiger partial charge in [0.1, 0.15) is 0 Å². The number of fused-ring (bicyclic) bond motifs is 4. The molecule has 1 atom stereocenters. The molecule has 2 aliphatic heterocycles. The number of pyridine rings is 1. The van der Waals surface area contributed by atoms with E-state index in [-0.39, 0.29) is 5.69 Å². The van der Waals surface area contributed by atoms with Crippen LogP contribution < -0.4 is 10.2 Å². The Bertz CT molecular complexity index is 433. The molecule has 1 aromatic rings. The predicted molar refractivity (Wildman–Crippen MR) is 55.4 cm³/mol. The number of carboxylic acids is 1. The van der Waals surface area contributed by atoms with Crippen molar-refractivity contribution >= 4 is 17.5 Å². The Morgan fingerprint density at radius 1 is 1.60 bits per heavy atom. The third-order valence-corrected chi connectivity index (χ3v) is 2.96. The van der Waals surface area contributed by atoms with Crippen molar-refractivity contribution in [2.45, 2.75) is 12.5 Å². The summed E-state index contributed by atoms with van der Waals surface area (Å²) >= 11 is 0. The van der Waals surface area contributed by atoms with Gasteiger partial charge in [-0.3, -0.25) is 0 Å². The van der Waals surface area contributed by atoms with Crippen molar-refractivity contribution in [3.63, 3.8) is 0 Å². The van der Waals surface area contributed by atoms with Gasteiger partial charge >= 0.3 is 5.97 Å². The molecule has 0 saturated carbocycles. The summed E-state index contributed by atoms with van der Waals surface area (Å²) < 4.78 is 0. The van der Waals surface area contributed by atoms with E-state index >= 15 is 0 Å². The van der Waals surface area contributed by atoms with Crippen molar-refractivity contribution in [1.29, 1.82) is 0 Å². The molecule has 2 bridgehead atoms. The third kappa shape index (κ3) is 1.23. The molecule has 2 N–H and O–H groups in total. The van der Waals surface area contributed by atoms with Crippen molar-refractivity contribution in [3.8, 4) is 0 Å². The summed E-state index contributed by atoms with van der Waals surface area (Å²) in [5.74, 6) is -0.267. The topological polar surface area (TPSA) is 65.5 Å². The first-order valence-corrected chi connectivity index (χ1v) is 5.00. The molecule has 1 fully saturated rings. The molecule has 0 radical (unpaired) electrons. The fraction of sp³-hybridized carbons (Fsp3) is 0.400. The molecule has 0 unspecified atom stereocenters. The Balaban J connectivity index is 2.06. The molecule has 5 heteroatoms. The van der Waals surface area contributed by atoms with E-state index in [1.54, 1.807) is 6.07 Å². The van der Waals surface area contributed by atoms with Gasteiger partial charge in [0.05, 0.1) is 5.69 Å². The fourth-order valence-corrected chi connectivity index (χ4v) is 2.22. The zero-order chi connectivity index (χ0) is 10.4. The maximum absolute atomic E-state index is 10.8. The first-order chi connectivity index (χ1) is 7.24. The highest BCUT2D eigenvalue weighted by Crippen LogP contribution is 2.33. The van der Waals surface area contributed by atoms with Crippen LogP contribution in [0.4, 0.5) is 11.5 Å². The number of nitrogens with one attached hydrogen (secondary N) is 1. The second-order valence-electron chi connectivity index (χ2n) is 3.95. The number of aromatic nitrogens is 1. The minimum absolute atomic E-state index is 0.101. The van der Waals surface area contributed by atoms with E-state index in [0.29, 0.717) is 11.9 Å². The van der Waals surface area contributed by atoms with E-state index in [1.165, 1.54) is 0 Å². The van der Waals surface area contributed by atoms with Crippen molar-refractivity contribution in [2.75, 3.05) is 23.3 Å². The molecule has 3 heterocycles. The molecule has 2 aliphatic rings. The van der Waals surface area contributed by atoms with Crippen LogP contribution in [0.15, 0.2) is 12.1 Å². The summed E-state index contributed by atoms with van der Waals surface area (Å²) in [6, 6.07) is 3.82. The van der Waals surface area contributed by atoms with Crippen molar-refractivity contribution < 1.29 is 9.90 Å². The molecule has 78 valence electrons. The van der Waals surface area contributed by atoms with Crippen molar-refractivity contribution in [1.82, 2.24) is 4.98 Å². The zero-order valence-corrected chi connectivity index (χ0v) is 8.10. The first-order valence-electron chi connectivity index (χ1n) is 5.00. The Morgan fingerprint density at radius 2 is 2.47 bits per heavy atom. The van der Waals surface area contributed by atoms with Gasteiger partial charge in [0, 0.05) is 19.1 Å². The predicted octanol–water partition coefficient (Wildman–Crippen LogP) is 0.784. The summed E-state index contributed by atoms with van der Waals surface area (Å²) in [4.78, 5) is 17.1. The highest BCUT2D eigenvalue weighted by molar-refractivity contribution is 5.87. The minimum Gasteiger partial charge on any atom is -0.477 e. The molecule has 0 amide bonds. The highest BCUT2D eigenvalue weighted by atomic mass is 16.4. The third-order valence-electron chi connectivity index (χ3n) is 2.96. The van der Waals surface area contributed by atoms with Gasteiger partial charge in [-0.25, -0.2) is 9.78 Å². The zero-order valence-electron chi connectivity index (χ0n) is 8.10. The van der Waals surface area contributed by atoms with Gasteiger partial charge in [0.25, 0.3) is 0 Å². The Labute approximate surface area is 86.7 Å². The second-order valence-corrected chi connectivity index (χ2v) is 3.95. The van der Waals surface area contributed by atoms with E-state index in [0.717, 1.165) is 25.2 Å². The summed E-state index contributed by atoms with van der Waals surface area (Å²) in [6.07, 6.45) is 1.10. The van der Waals surface area contributed by atoms with E-state index in [2.05, 4.69) is 15.2 Å². The van der Waals surface area contributed by atoms with E-state index in [4.69, 9.17) is 5.11 Å². The Hall–Kier alpha value is -1.78. The Morgan fingerprint density at radius 3 is 3.27 bits per heavy atom. The van der Waals surface area contributed by atoms with Gasteiger partial charge < -0.3 is 15.3 Å². The summed E-state index contributed by atoms with van der Waals surface area (Å²) in [6.45, 7) is 2.03. The molecule has 0 spiro atoms. The van der Waals surface area contributed by atoms with Gasteiger partial charge in [0.15, 0.2) is 11.5 Å². The van der Waals surface area contributed by atoms with Gasteiger partial charge in [-0.15, -0.1) is 0 Å². The maximum atomic E-state index is 10.8. The van der Waals surface area contributed by atoms with Gasteiger partial charge in [0.2, 0.25) is 0 Å². The van der Waals surface area contributed by atoms with Crippen LogP contribution in [0.25, 0.3) is 0 Å². The molecule has 5 nitrogen and oxygen atoms in total. The van der Waals surface area contributed by atoms with Crippen LogP contribution in [0.2, 0.25) is 0 Å². The molecule has 1 saturated heterocycles. The van der Waals surface area contributed by atoms with E-state index < -0.39 is 5.97 Å². The molecule has 0 aromatic carbocycles. The second kappa shape index (κ2) is 2.85. The van der Waals surface area contributed by atoms with Crippen LogP contribution in [0.1, 0.15) is 16.9 Å². The standard InChI is InChI=1S/C10H11N3O2/c14-10(15)7-1-2-8-9(12-7)11-6-3-4-13(8)5-6/h1-2,6H,3-5H2,(H,11,12)(H,14,15)/t6-/m0/s1. The molecule has 3 rings (SSSR count). The number of rotatable bonds is 1. The number of carboxylic acid groups (broad SMARTS) is 1. The van der Waals surface area contributed by atoms with Crippen LogP contribution in [-0.2, 0) is 0 Å². The van der Waals surface area contributed by atoms with Gasteiger partial charge in [-0.05, 0) is 18.6 Å². The van der Waals surface area contributed by atoms with E-state index in [1.807, 2.05) is 6.07 Å². The highest BCUT2D eigenvalue weighted by Gasteiger charge is 2.30. The molecule has 15 heavy (non-hydrogen) atoms. The molecule has 1 aromatic heterocycles. The average Bonchev–Trinajstić information content (AvgIpc) is 2.60. The average molecular weight is 205 g/mol. The normalized spacial score (nSPS) is 22.1. The number of carbonyl (C=O) groups is 1. The van der Waals surface area contributed by atoms with Crippen molar-refractivity contribution in [3.05, 3.63) is 17.8 Å². The van der Waals surface area contributed by atoms with Crippen LogP contribution in [0.5, 0.6) is 0 Å². The lowest BCUT2D eigenvalue weighted by atomic mass is 10.2. The van der Waals surface area contributed by atoms with Crippen LogP contribution >= 0.6 is 0 Å². The first kappa shape index (κ1) is 8.52. The molecular weight excluding hydrogens is 194 g/mol. The van der Waals surface area contributed by atoms with Crippen molar-refractivity contribution in [2.24, 2.45) is 0 Å².